The van der Waals surface area contributed by atoms with Crippen LogP contribution in [-0.4, -0.2) is 81.5 Å². The zero-order chi connectivity index (χ0) is 25.1. The van der Waals surface area contributed by atoms with Gasteiger partial charge in [0.2, 0.25) is 17.7 Å². The van der Waals surface area contributed by atoms with Gasteiger partial charge in [0, 0.05) is 18.3 Å². The normalized spacial score (nSPS) is 19.0. The van der Waals surface area contributed by atoms with E-state index >= 15 is 0 Å². The van der Waals surface area contributed by atoms with Crippen LogP contribution in [0.1, 0.15) is 45.2 Å². The largest absolute Gasteiger partial charge is 0.480 e. The van der Waals surface area contributed by atoms with Crippen LogP contribution in [0.2, 0.25) is 0 Å². The number of aromatic nitrogens is 2. The summed E-state index contributed by atoms with van der Waals surface area (Å²) in [6.45, 7) is 4.56. The number of nitrogens with zero attached hydrogens (tertiary/aromatic N) is 1. The van der Waals surface area contributed by atoms with Gasteiger partial charge in [0.25, 0.3) is 0 Å². The average molecular weight is 497 g/mol. The Morgan fingerprint density at radius 2 is 1.94 bits per heavy atom. The van der Waals surface area contributed by atoms with Crippen molar-refractivity contribution in [1.29, 1.82) is 0 Å². The van der Waals surface area contributed by atoms with Gasteiger partial charge in [-0.1, -0.05) is 20.3 Å². The van der Waals surface area contributed by atoms with Gasteiger partial charge >= 0.3 is 5.97 Å². The summed E-state index contributed by atoms with van der Waals surface area (Å²) in [6, 6.07) is -3.24. The Bertz CT molecular complexity index is 815. The molecule has 0 aromatic carbocycles. The lowest BCUT2D eigenvalue weighted by Crippen LogP contribution is -2.58. The zero-order valence-corrected chi connectivity index (χ0v) is 20.7. The van der Waals surface area contributed by atoms with Gasteiger partial charge in [-0.3, -0.25) is 14.4 Å². The Kier molecular flexibility index (Phi) is 11.3. The molecule has 6 N–H and O–H groups in total. The van der Waals surface area contributed by atoms with Crippen LogP contribution in [0, 0.1) is 5.92 Å². The number of aliphatic carboxylic acids is 1. The summed E-state index contributed by atoms with van der Waals surface area (Å²) in [5.41, 5.74) is 0.567. The minimum atomic E-state index is -1.19. The van der Waals surface area contributed by atoms with Gasteiger partial charge in [-0.05, 0) is 43.7 Å². The monoisotopic (exact) mass is 496 g/mol. The van der Waals surface area contributed by atoms with Crippen molar-refractivity contribution in [3.8, 4) is 0 Å². The van der Waals surface area contributed by atoms with E-state index in [-0.39, 0.29) is 24.3 Å². The quantitative estimate of drug-likeness (QED) is 0.210. The first-order chi connectivity index (χ1) is 16.3. The highest BCUT2D eigenvalue weighted by Gasteiger charge is 2.33. The van der Waals surface area contributed by atoms with Gasteiger partial charge in [-0.25, -0.2) is 9.78 Å². The highest BCUT2D eigenvalue weighted by molar-refractivity contribution is 7.98. The number of H-pyrrole nitrogens is 1. The summed E-state index contributed by atoms with van der Waals surface area (Å²) < 4.78 is 0. The lowest BCUT2D eigenvalue weighted by molar-refractivity contribution is -0.142. The van der Waals surface area contributed by atoms with Crippen molar-refractivity contribution in [2.75, 3.05) is 18.6 Å². The summed E-state index contributed by atoms with van der Waals surface area (Å²) in [5, 5.41) is 20.8. The molecule has 5 atom stereocenters. The molecule has 34 heavy (non-hydrogen) atoms. The van der Waals surface area contributed by atoms with Crippen LogP contribution in [-0.2, 0) is 25.6 Å². The third-order valence-corrected chi connectivity index (χ3v) is 6.65. The van der Waals surface area contributed by atoms with Crippen LogP contribution in [0.5, 0.6) is 0 Å². The second-order valence-electron chi connectivity index (χ2n) is 8.54. The third-order valence-electron chi connectivity index (χ3n) is 6.01. The van der Waals surface area contributed by atoms with Crippen molar-refractivity contribution in [2.45, 2.75) is 70.1 Å². The van der Waals surface area contributed by atoms with Crippen LogP contribution in [0.15, 0.2) is 12.5 Å². The molecule has 0 saturated carbocycles. The Labute approximate surface area is 204 Å². The van der Waals surface area contributed by atoms with Gasteiger partial charge in [0.1, 0.15) is 18.1 Å². The number of carbonyl (C=O) groups is 4. The van der Waals surface area contributed by atoms with E-state index in [1.54, 1.807) is 0 Å². The standard InChI is InChI=1S/C22H36N6O5S/c1-4-13(2)18(28-19(29)15-6-5-8-24-15)21(31)26-16(7-9-34-3)20(30)27-17(22(32)33)10-14-11-23-12-25-14/h11-13,15-18,24H,4-10H2,1-3H3,(H,23,25)(H,26,31)(H,27,30)(H,28,29)(H,32,33). The number of rotatable bonds is 14. The molecule has 11 nitrogen and oxygen atoms in total. The first-order valence-electron chi connectivity index (χ1n) is 11.6. The minimum absolute atomic E-state index is 0.0320. The maximum Gasteiger partial charge on any atom is 0.326 e. The molecule has 0 spiro atoms. The molecule has 190 valence electrons. The Morgan fingerprint density at radius 1 is 1.21 bits per heavy atom. The van der Waals surface area contributed by atoms with Gasteiger partial charge in [0.15, 0.2) is 0 Å². The van der Waals surface area contributed by atoms with Crippen molar-refractivity contribution >= 4 is 35.5 Å². The highest BCUT2D eigenvalue weighted by Crippen LogP contribution is 2.12. The fraction of sp³-hybridized carbons (Fsp3) is 0.682. The number of aromatic amines is 1. The fourth-order valence-corrected chi connectivity index (χ4v) is 4.19. The zero-order valence-electron chi connectivity index (χ0n) is 19.9. The summed E-state index contributed by atoms with van der Waals surface area (Å²) in [7, 11) is 0. The molecule has 0 aliphatic carbocycles. The number of hydrogen-bond acceptors (Lipinski definition) is 7. The van der Waals surface area contributed by atoms with Crippen LogP contribution in [0.25, 0.3) is 0 Å². The molecule has 0 radical (unpaired) electrons. The molecule has 5 unspecified atom stereocenters. The lowest BCUT2D eigenvalue weighted by atomic mass is 9.97. The number of thioether (sulfide) groups is 1. The van der Waals surface area contributed by atoms with Crippen molar-refractivity contribution in [3.63, 3.8) is 0 Å². The molecule has 1 saturated heterocycles. The van der Waals surface area contributed by atoms with E-state index in [0.29, 0.717) is 30.7 Å². The van der Waals surface area contributed by atoms with E-state index in [9.17, 15) is 24.3 Å². The molecule has 1 aliphatic rings. The average Bonchev–Trinajstić information content (AvgIpc) is 3.53. The van der Waals surface area contributed by atoms with Gasteiger partial charge in [-0.2, -0.15) is 11.8 Å². The smallest absolute Gasteiger partial charge is 0.326 e. The predicted octanol–water partition coefficient (Wildman–Crippen LogP) is 0.0424. The second-order valence-corrected chi connectivity index (χ2v) is 9.53. The molecule has 1 aromatic rings. The third kappa shape index (κ3) is 8.32. The Hall–Kier alpha value is -2.60. The summed E-state index contributed by atoms with van der Waals surface area (Å²) in [4.78, 5) is 57.2. The molecule has 3 amide bonds. The number of imidazole rings is 1. The van der Waals surface area contributed by atoms with Gasteiger partial charge in [0.05, 0.1) is 12.4 Å². The SMILES string of the molecule is CCC(C)C(NC(=O)C1CCCN1)C(=O)NC(CCSC)C(=O)NC(Cc1cnc[nH]1)C(=O)O. The van der Waals surface area contributed by atoms with Crippen LogP contribution in [0.4, 0.5) is 0 Å². The summed E-state index contributed by atoms with van der Waals surface area (Å²) >= 11 is 1.51. The topological polar surface area (TPSA) is 165 Å². The van der Waals surface area contributed by atoms with Crippen LogP contribution < -0.4 is 21.3 Å². The number of carbonyl (C=O) groups excluding carboxylic acids is 3. The van der Waals surface area contributed by atoms with Crippen molar-refractivity contribution in [2.24, 2.45) is 5.92 Å². The number of hydrogen-bond donors (Lipinski definition) is 6. The molecule has 1 aromatic heterocycles. The van der Waals surface area contributed by atoms with Gasteiger partial charge in [-0.15, -0.1) is 0 Å². The molecule has 0 bridgehead atoms. The second kappa shape index (κ2) is 14.0. The maximum absolute atomic E-state index is 13.2. The Balaban J connectivity index is 2.09. The lowest BCUT2D eigenvalue weighted by Gasteiger charge is -2.28. The van der Waals surface area contributed by atoms with Crippen molar-refractivity contribution in [3.05, 3.63) is 18.2 Å². The van der Waals surface area contributed by atoms with E-state index in [1.807, 2.05) is 20.1 Å². The van der Waals surface area contributed by atoms with Gasteiger partial charge < -0.3 is 31.4 Å². The number of nitrogens with one attached hydrogen (secondary N) is 5. The number of amides is 3. The number of carboxylic acids is 1. The maximum atomic E-state index is 13.2. The molecular formula is C22H36N6O5S. The van der Waals surface area contributed by atoms with E-state index in [0.717, 1.165) is 13.0 Å². The van der Waals surface area contributed by atoms with E-state index < -0.39 is 35.9 Å². The fourth-order valence-electron chi connectivity index (χ4n) is 3.72. The number of carboxylic acid groups (broad SMARTS) is 1. The minimum Gasteiger partial charge on any atom is -0.480 e. The highest BCUT2D eigenvalue weighted by atomic mass is 32.2. The first kappa shape index (κ1) is 27.6. The molecule has 2 heterocycles. The van der Waals surface area contributed by atoms with Crippen LogP contribution in [0.3, 0.4) is 0 Å². The predicted molar refractivity (Wildman–Crippen MR) is 129 cm³/mol. The first-order valence-corrected chi connectivity index (χ1v) is 13.0. The van der Waals surface area contributed by atoms with E-state index in [1.165, 1.54) is 24.3 Å². The molecule has 2 rings (SSSR count). The summed E-state index contributed by atoms with van der Waals surface area (Å²) in [6.07, 6.45) is 7.43. The molecule has 1 aliphatic heterocycles. The molecular weight excluding hydrogens is 460 g/mol. The molecule has 12 heteroatoms. The Morgan fingerprint density at radius 3 is 2.50 bits per heavy atom. The van der Waals surface area contributed by atoms with Crippen molar-refractivity contribution < 1.29 is 24.3 Å². The van der Waals surface area contributed by atoms with E-state index in [2.05, 4.69) is 31.2 Å². The van der Waals surface area contributed by atoms with Crippen LogP contribution >= 0.6 is 11.8 Å². The summed E-state index contributed by atoms with van der Waals surface area (Å²) in [5.74, 6) is -2.02. The molecule has 1 fully saturated rings. The van der Waals surface area contributed by atoms with Crippen molar-refractivity contribution in [1.82, 2.24) is 31.2 Å². The van der Waals surface area contributed by atoms with E-state index in [4.69, 9.17) is 0 Å².